The summed E-state index contributed by atoms with van der Waals surface area (Å²) in [7, 11) is 1.79. The summed E-state index contributed by atoms with van der Waals surface area (Å²) in [5, 5.41) is 9.49. The van der Waals surface area contributed by atoms with E-state index in [0.717, 1.165) is 62.4 Å². The largest absolute Gasteiger partial charge is 0.438 e. The van der Waals surface area contributed by atoms with Gasteiger partial charge in [0, 0.05) is 71.2 Å². The predicted octanol–water partition coefficient (Wildman–Crippen LogP) is 0.846. The van der Waals surface area contributed by atoms with Gasteiger partial charge in [0.15, 0.2) is 17.1 Å². The van der Waals surface area contributed by atoms with Gasteiger partial charge in [0.25, 0.3) is 17.7 Å². The van der Waals surface area contributed by atoms with Crippen LogP contribution in [0.4, 0.5) is 27.8 Å². The van der Waals surface area contributed by atoms with Crippen molar-refractivity contribution in [2.24, 2.45) is 18.7 Å². The molecule has 19 nitrogen and oxygen atoms in total. The fourth-order valence-electron chi connectivity index (χ4n) is 9.23. The minimum Gasteiger partial charge on any atom is -0.438 e. The van der Waals surface area contributed by atoms with Crippen molar-refractivity contribution in [2.75, 3.05) is 67.5 Å². The molecule has 8 heterocycles. The summed E-state index contributed by atoms with van der Waals surface area (Å²) in [6, 6.07) is 4.21. The number of hydrogen-bond acceptors (Lipinski definition) is 14. The van der Waals surface area contributed by atoms with E-state index in [2.05, 4.69) is 35.4 Å². The quantitative estimate of drug-likeness (QED) is 0.256. The molecule has 6 aliphatic rings. The number of fused-ring (bicyclic) bond motifs is 1. The molecule has 0 radical (unpaired) electrons. The van der Waals surface area contributed by atoms with E-state index in [9.17, 15) is 28.8 Å². The van der Waals surface area contributed by atoms with Crippen LogP contribution in [0.3, 0.4) is 0 Å². The molecule has 2 aromatic heterocycles. The van der Waals surface area contributed by atoms with Gasteiger partial charge >= 0.3 is 6.09 Å². The molecule has 1 spiro atoms. The Morgan fingerprint density at radius 2 is 1.77 bits per heavy atom. The fourth-order valence-corrected chi connectivity index (χ4v) is 9.23. The van der Waals surface area contributed by atoms with E-state index < -0.39 is 41.2 Å². The topological polar surface area (TPSA) is 222 Å². The average molecular weight is 781 g/mol. The number of nitrogens with zero attached hydrogens (tertiary/aromatic N) is 9. The Morgan fingerprint density at radius 3 is 2.51 bits per heavy atom. The van der Waals surface area contributed by atoms with Crippen molar-refractivity contribution in [1.29, 1.82) is 0 Å². The normalized spacial score (nSPS) is 23.8. The molecule has 4 N–H and O–H groups in total. The molecular weight excluding hydrogens is 736 g/mol. The molecule has 298 valence electrons. The molecule has 1 aromatic carbocycles. The number of imide groups is 2. The van der Waals surface area contributed by atoms with Crippen LogP contribution in [0, 0.1) is 5.92 Å². The highest BCUT2D eigenvalue weighted by Gasteiger charge is 2.55. The number of primary amides is 1. The molecule has 57 heavy (non-hydrogen) atoms. The lowest BCUT2D eigenvalue weighted by atomic mass is 9.89. The highest BCUT2D eigenvalue weighted by atomic mass is 16.6. The first-order valence-corrected chi connectivity index (χ1v) is 19.4. The van der Waals surface area contributed by atoms with Crippen molar-refractivity contribution in [3.8, 4) is 0 Å². The third-order valence-corrected chi connectivity index (χ3v) is 12.1. The molecule has 3 aromatic rings. The lowest BCUT2D eigenvalue weighted by molar-refractivity contribution is -0.136. The van der Waals surface area contributed by atoms with E-state index in [-0.39, 0.29) is 47.6 Å². The number of aryl methyl sites for hydroxylation is 1. The van der Waals surface area contributed by atoms with Crippen molar-refractivity contribution in [3.05, 3.63) is 53.6 Å². The number of ether oxygens (including phenoxy) is 1. The smallest absolute Gasteiger partial charge is 0.410 e. The third kappa shape index (κ3) is 6.78. The van der Waals surface area contributed by atoms with E-state index >= 15 is 0 Å². The number of rotatable bonds is 9. The zero-order valence-electron chi connectivity index (χ0n) is 31.6. The SMILES string of the molecule is Cn1cc(Nc2nc(N3CCC[C@@H](N4CC5(CN(CC6CCN(c7ccc8c(c7)C(=O)N([C@H]7CCC(=O)NC7=O)C8=O)CC6)C5)OC4=O)C3)cnc2C(N)=O)cn1. The minimum absolute atomic E-state index is 0.0263. The third-order valence-electron chi connectivity index (χ3n) is 12.1. The van der Waals surface area contributed by atoms with Gasteiger partial charge in [-0.3, -0.25) is 48.7 Å². The summed E-state index contributed by atoms with van der Waals surface area (Å²) in [5.41, 5.74) is 7.15. The highest BCUT2D eigenvalue weighted by Crippen LogP contribution is 2.38. The average Bonchev–Trinajstić information content (AvgIpc) is 3.84. The first-order valence-electron chi connectivity index (χ1n) is 19.4. The van der Waals surface area contributed by atoms with E-state index in [4.69, 9.17) is 15.5 Å². The number of hydrogen-bond donors (Lipinski definition) is 3. The molecule has 9 rings (SSSR count). The van der Waals surface area contributed by atoms with E-state index in [0.29, 0.717) is 43.6 Å². The first kappa shape index (κ1) is 36.5. The molecule has 6 amide bonds. The van der Waals surface area contributed by atoms with Crippen LogP contribution in [-0.2, 0) is 21.4 Å². The number of anilines is 4. The molecule has 0 saturated carbocycles. The van der Waals surface area contributed by atoms with Gasteiger partial charge in [-0.2, -0.15) is 5.10 Å². The maximum atomic E-state index is 13.3. The summed E-state index contributed by atoms with van der Waals surface area (Å²) >= 11 is 0. The maximum absolute atomic E-state index is 13.3. The van der Waals surface area contributed by atoms with Crippen LogP contribution in [0.25, 0.3) is 0 Å². The number of likely N-dealkylation sites (tertiary alicyclic amines) is 1. The predicted molar refractivity (Wildman–Crippen MR) is 203 cm³/mol. The highest BCUT2D eigenvalue weighted by molar-refractivity contribution is 6.23. The van der Waals surface area contributed by atoms with Gasteiger partial charge < -0.3 is 25.6 Å². The van der Waals surface area contributed by atoms with E-state index in [1.165, 1.54) is 0 Å². The van der Waals surface area contributed by atoms with Gasteiger partial charge in [-0.25, -0.2) is 14.8 Å². The Labute approximate surface area is 327 Å². The number of nitrogens with one attached hydrogen (secondary N) is 2. The van der Waals surface area contributed by atoms with Gasteiger partial charge in [-0.1, -0.05) is 0 Å². The Hall–Kier alpha value is -6.11. The van der Waals surface area contributed by atoms with Crippen LogP contribution in [0.1, 0.15) is 69.7 Å². The summed E-state index contributed by atoms with van der Waals surface area (Å²) in [5.74, 6) is -1.46. The summed E-state index contributed by atoms with van der Waals surface area (Å²) in [4.78, 5) is 94.5. The zero-order chi connectivity index (χ0) is 39.6. The minimum atomic E-state index is -0.991. The van der Waals surface area contributed by atoms with Crippen LogP contribution >= 0.6 is 0 Å². The van der Waals surface area contributed by atoms with Crippen molar-refractivity contribution in [2.45, 2.75) is 56.2 Å². The summed E-state index contributed by atoms with van der Waals surface area (Å²) in [6.07, 6.45) is 8.40. The molecular formula is C38H44N12O7. The van der Waals surface area contributed by atoms with Gasteiger partial charge in [-0.05, 0) is 56.2 Å². The van der Waals surface area contributed by atoms with E-state index in [1.807, 2.05) is 11.0 Å². The van der Waals surface area contributed by atoms with Crippen molar-refractivity contribution in [1.82, 2.24) is 39.8 Å². The van der Waals surface area contributed by atoms with Gasteiger partial charge in [0.05, 0.1) is 41.8 Å². The number of piperidine rings is 3. The number of carbonyl (C=O) groups is 6. The first-order chi connectivity index (χ1) is 27.4. The number of benzene rings is 1. The molecule has 19 heteroatoms. The molecule has 0 bridgehead atoms. The number of carbonyl (C=O) groups excluding carboxylic acids is 6. The Morgan fingerprint density at radius 1 is 0.982 bits per heavy atom. The van der Waals surface area contributed by atoms with Crippen molar-refractivity contribution < 1.29 is 33.5 Å². The summed E-state index contributed by atoms with van der Waals surface area (Å²) < 4.78 is 7.68. The zero-order valence-corrected chi connectivity index (χ0v) is 31.6. The number of amides is 6. The second-order valence-electron chi connectivity index (χ2n) is 16.0. The van der Waals surface area contributed by atoms with Crippen LogP contribution < -0.4 is 26.2 Å². The number of nitrogens with two attached hydrogens (primary N) is 1. The van der Waals surface area contributed by atoms with Crippen LogP contribution in [0.15, 0.2) is 36.8 Å². The molecule has 0 unspecified atom stereocenters. The monoisotopic (exact) mass is 780 g/mol. The second kappa shape index (κ2) is 14.1. The van der Waals surface area contributed by atoms with E-state index in [1.54, 1.807) is 42.5 Å². The standard InChI is InChI=1S/C38H44N12O7/c1-45-17-23(14-41-45)42-33-31(32(39)52)40-15-29(43-33)48-10-2-3-25(18-48)49-21-38(57-37(49)56)19-46(20-38)16-22-8-11-47(12-9-22)24-4-5-26-27(13-24)36(55)50(35(26)54)28-6-7-30(51)44-34(28)53/h4-5,13-15,17,22,25,28H,2-3,6-12,16,18-21H2,1H3,(H2,39,52)(H,42,43)(H,44,51,53)/t25-,28+/m1/s1. The van der Waals surface area contributed by atoms with Crippen LogP contribution in [-0.4, -0.2) is 140 Å². The van der Waals surface area contributed by atoms with Crippen molar-refractivity contribution >= 4 is 58.6 Å². The Kier molecular flexibility index (Phi) is 9.05. The summed E-state index contributed by atoms with van der Waals surface area (Å²) in [6.45, 7) is 5.65. The van der Waals surface area contributed by atoms with Crippen molar-refractivity contribution in [3.63, 3.8) is 0 Å². The van der Waals surface area contributed by atoms with Gasteiger partial charge in [-0.15, -0.1) is 0 Å². The van der Waals surface area contributed by atoms with Crippen LogP contribution in [0.5, 0.6) is 0 Å². The second-order valence-corrected chi connectivity index (χ2v) is 16.0. The Balaban J connectivity index is 0.768. The molecule has 2 atom stereocenters. The Bertz CT molecular complexity index is 2180. The molecule has 6 aliphatic heterocycles. The molecule has 5 fully saturated rings. The number of aromatic nitrogens is 4. The fraction of sp³-hybridized carbons (Fsp3) is 0.500. The lowest BCUT2D eigenvalue weighted by Gasteiger charge is -2.48. The van der Waals surface area contributed by atoms with Gasteiger partial charge in [0.2, 0.25) is 11.8 Å². The lowest BCUT2D eigenvalue weighted by Crippen LogP contribution is -2.65. The molecule has 0 aliphatic carbocycles. The van der Waals surface area contributed by atoms with Crippen LogP contribution in [0.2, 0.25) is 0 Å². The van der Waals surface area contributed by atoms with Gasteiger partial charge in [0.1, 0.15) is 11.9 Å². The maximum Gasteiger partial charge on any atom is 0.410 e. The molecule has 5 saturated heterocycles.